The Bertz CT molecular complexity index is 953. The van der Waals surface area contributed by atoms with Gasteiger partial charge in [-0.1, -0.05) is 31.2 Å². The molecule has 0 aliphatic rings. The van der Waals surface area contributed by atoms with E-state index in [-0.39, 0.29) is 10.8 Å². The van der Waals surface area contributed by atoms with E-state index in [1.54, 1.807) is 18.3 Å². The molecule has 2 unspecified atom stereocenters. The molecule has 0 radical (unpaired) electrons. The van der Waals surface area contributed by atoms with Crippen LogP contribution in [0.1, 0.15) is 26.8 Å². The molecule has 0 saturated heterocycles. The number of nitrogens with zero attached hydrogens (tertiary/aromatic N) is 3. The van der Waals surface area contributed by atoms with Crippen molar-refractivity contribution in [1.82, 2.24) is 20.3 Å². The number of ether oxygens (including phenoxy) is 1. The van der Waals surface area contributed by atoms with Gasteiger partial charge in [0.15, 0.2) is 0 Å². The van der Waals surface area contributed by atoms with E-state index < -0.39 is 34.0 Å². The maximum atomic E-state index is 12.6. The third kappa shape index (κ3) is 4.93. The van der Waals surface area contributed by atoms with E-state index in [4.69, 9.17) is 5.14 Å². The van der Waals surface area contributed by atoms with Crippen LogP contribution in [0.25, 0.3) is 11.3 Å². The van der Waals surface area contributed by atoms with Crippen molar-refractivity contribution in [3.8, 4) is 11.3 Å². The molecule has 1 heterocycles. The van der Waals surface area contributed by atoms with Gasteiger partial charge >= 0.3 is 5.97 Å². The van der Waals surface area contributed by atoms with E-state index in [1.165, 1.54) is 30.8 Å². The number of methoxy groups -OCH3 is 1. The SMILES string of the molecule is COC(=O)C(C)NC(=O)C(C(C)C)n1cc(-c2ccc(S(N)(=O)=O)cc2)nn1. The van der Waals surface area contributed by atoms with Crippen LogP contribution in [0.5, 0.6) is 0 Å². The number of aromatic nitrogens is 3. The quantitative estimate of drug-likeness (QED) is 0.632. The summed E-state index contributed by atoms with van der Waals surface area (Å²) in [7, 11) is -2.54. The van der Waals surface area contributed by atoms with Crippen LogP contribution in [-0.4, -0.2) is 48.4 Å². The molecule has 2 rings (SSSR count). The molecule has 28 heavy (non-hydrogen) atoms. The van der Waals surface area contributed by atoms with E-state index >= 15 is 0 Å². The lowest BCUT2D eigenvalue weighted by Gasteiger charge is -2.21. The lowest BCUT2D eigenvalue weighted by Crippen LogP contribution is -2.44. The van der Waals surface area contributed by atoms with Crippen LogP contribution in [0.3, 0.4) is 0 Å². The van der Waals surface area contributed by atoms with Gasteiger partial charge in [-0.25, -0.2) is 23.0 Å². The van der Waals surface area contributed by atoms with Crippen LogP contribution < -0.4 is 10.5 Å². The summed E-state index contributed by atoms with van der Waals surface area (Å²) in [6, 6.07) is 4.35. The van der Waals surface area contributed by atoms with Crippen molar-refractivity contribution in [1.29, 1.82) is 0 Å². The van der Waals surface area contributed by atoms with Crippen LogP contribution in [0.2, 0.25) is 0 Å². The smallest absolute Gasteiger partial charge is 0.328 e. The Morgan fingerprint density at radius 2 is 1.79 bits per heavy atom. The zero-order chi connectivity index (χ0) is 21.1. The fourth-order valence-corrected chi connectivity index (χ4v) is 3.14. The average Bonchev–Trinajstić information content (AvgIpc) is 3.09. The van der Waals surface area contributed by atoms with E-state index in [0.717, 1.165) is 0 Å². The Balaban J connectivity index is 2.25. The van der Waals surface area contributed by atoms with Gasteiger partial charge in [0.1, 0.15) is 17.8 Å². The number of benzene rings is 1. The molecule has 0 spiro atoms. The molecule has 2 aromatic rings. The molecular weight excluding hydrogens is 386 g/mol. The van der Waals surface area contributed by atoms with Crippen LogP contribution in [0.4, 0.5) is 0 Å². The standard InChI is InChI=1S/C17H23N5O5S/c1-10(2)15(16(23)19-11(3)17(24)27-4)22-9-14(20-21-22)12-5-7-13(8-6-12)28(18,25)26/h5-11,15H,1-4H3,(H,19,23)(H2,18,25,26). The third-order valence-electron chi connectivity index (χ3n) is 4.09. The molecule has 2 atom stereocenters. The summed E-state index contributed by atoms with van der Waals surface area (Å²) in [5.41, 5.74) is 1.07. The first-order valence-electron chi connectivity index (χ1n) is 8.48. The molecule has 0 fully saturated rings. The number of hydrogen-bond donors (Lipinski definition) is 2. The van der Waals surface area contributed by atoms with Crippen molar-refractivity contribution in [3.63, 3.8) is 0 Å². The lowest BCUT2D eigenvalue weighted by atomic mass is 10.0. The number of nitrogens with one attached hydrogen (secondary N) is 1. The summed E-state index contributed by atoms with van der Waals surface area (Å²) in [6.07, 6.45) is 1.58. The lowest BCUT2D eigenvalue weighted by molar-refractivity contribution is -0.145. The monoisotopic (exact) mass is 409 g/mol. The van der Waals surface area contributed by atoms with Crippen molar-refractivity contribution in [2.24, 2.45) is 11.1 Å². The van der Waals surface area contributed by atoms with Crippen molar-refractivity contribution in [2.75, 3.05) is 7.11 Å². The number of carbonyl (C=O) groups excluding carboxylic acids is 2. The molecule has 0 bridgehead atoms. The molecule has 1 aromatic carbocycles. The second-order valence-corrected chi connectivity index (χ2v) is 8.16. The molecule has 1 aromatic heterocycles. The Labute approximate surface area is 163 Å². The first-order valence-corrected chi connectivity index (χ1v) is 10.0. The molecule has 0 saturated carbocycles. The van der Waals surface area contributed by atoms with Crippen LogP contribution in [0.15, 0.2) is 35.4 Å². The zero-order valence-electron chi connectivity index (χ0n) is 16.0. The maximum Gasteiger partial charge on any atom is 0.328 e. The van der Waals surface area contributed by atoms with Gasteiger partial charge in [0.05, 0.1) is 18.2 Å². The fourth-order valence-electron chi connectivity index (χ4n) is 2.62. The van der Waals surface area contributed by atoms with Crippen LogP contribution in [0, 0.1) is 5.92 Å². The van der Waals surface area contributed by atoms with Gasteiger partial charge in [0, 0.05) is 5.56 Å². The average molecular weight is 409 g/mol. The van der Waals surface area contributed by atoms with Crippen molar-refractivity contribution < 1.29 is 22.7 Å². The van der Waals surface area contributed by atoms with Crippen LogP contribution >= 0.6 is 0 Å². The van der Waals surface area contributed by atoms with Crippen molar-refractivity contribution >= 4 is 21.9 Å². The molecule has 3 N–H and O–H groups in total. The summed E-state index contributed by atoms with van der Waals surface area (Å²) in [5.74, 6) is -1.08. The Morgan fingerprint density at radius 3 is 2.29 bits per heavy atom. The normalized spacial score (nSPS) is 13.8. The second-order valence-electron chi connectivity index (χ2n) is 6.60. The van der Waals surface area contributed by atoms with E-state index in [9.17, 15) is 18.0 Å². The number of nitrogens with two attached hydrogens (primary N) is 1. The summed E-state index contributed by atoms with van der Waals surface area (Å²) >= 11 is 0. The van der Waals surface area contributed by atoms with Crippen LogP contribution in [-0.2, 0) is 24.3 Å². The Morgan fingerprint density at radius 1 is 1.18 bits per heavy atom. The van der Waals surface area contributed by atoms with Gasteiger partial charge < -0.3 is 10.1 Å². The summed E-state index contributed by atoms with van der Waals surface area (Å²) in [6.45, 7) is 5.21. The minimum Gasteiger partial charge on any atom is -0.467 e. The maximum absolute atomic E-state index is 12.6. The largest absolute Gasteiger partial charge is 0.467 e. The zero-order valence-corrected chi connectivity index (χ0v) is 16.8. The number of esters is 1. The molecule has 11 heteroatoms. The van der Waals surface area contributed by atoms with Gasteiger partial charge in [-0.15, -0.1) is 5.10 Å². The Kier molecular flexibility index (Phi) is 6.52. The number of rotatable bonds is 7. The topological polar surface area (TPSA) is 146 Å². The second kappa shape index (κ2) is 8.48. The summed E-state index contributed by atoms with van der Waals surface area (Å²) in [4.78, 5) is 24.2. The number of amides is 1. The predicted molar refractivity (Wildman–Crippen MR) is 100 cm³/mol. The fraction of sp³-hybridized carbons (Fsp3) is 0.412. The predicted octanol–water partition coefficient (Wildman–Crippen LogP) is 0.467. The summed E-state index contributed by atoms with van der Waals surface area (Å²) in [5, 5.41) is 15.8. The highest BCUT2D eigenvalue weighted by Gasteiger charge is 2.28. The van der Waals surface area contributed by atoms with Gasteiger partial charge in [-0.2, -0.15) is 0 Å². The minimum absolute atomic E-state index is 0.0140. The van der Waals surface area contributed by atoms with Crippen molar-refractivity contribution in [2.45, 2.75) is 37.8 Å². The highest BCUT2D eigenvalue weighted by Crippen LogP contribution is 2.22. The number of carbonyl (C=O) groups is 2. The summed E-state index contributed by atoms with van der Waals surface area (Å²) < 4.78 is 28.7. The minimum atomic E-state index is -3.79. The highest BCUT2D eigenvalue weighted by atomic mass is 32.2. The molecule has 0 aliphatic heterocycles. The van der Waals surface area contributed by atoms with E-state index in [2.05, 4.69) is 20.4 Å². The van der Waals surface area contributed by atoms with Gasteiger partial charge in [0.25, 0.3) is 0 Å². The first kappa shape index (κ1) is 21.5. The van der Waals surface area contributed by atoms with Gasteiger partial charge in [0.2, 0.25) is 15.9 Å². The van der Waals surface area contributed by atoms with E-state index in [1.807, 2.05) is 13.8 Å². The highest BCUT2D eigenvalue weighted by molar-refractivity contribution is 7.89. The molecule has 152 valence electrons. The molecule has 1 amide bonds. The van der Waals surface area contributed by atoms with Crippen molar-refractivity contribution in [3.05, 3.63) is 30.5 Å². The molecule has 10 nitrogen and oxygen atoms in total. The first-order chi connectivity index (χ1) is 13.0. The molecular formula is C17H23N5O5S. The number of sulfonamides is 1. The Hall–Kier alpha value is -2.79. The molecule has 0 aliphatic carbocycles. The van der Waals surface area contributed by atoms with Gasteiger partial charge in [-0.3, -0.25) is 4.79 Å². The van der Waals surface area contributed by atoms with Gasteiger partial charge in [-0.05, 0) is 25.0 Å². The third-order valence-corrected chi connectivity index (χ3v) is 5.02. The van der Waals surface area contributed by atoms with E-state index in [0.29, 0.717) is 11.3 Å². The number of hydrogen-bond acceptors (Lipinski definition) is 7. The number of primary sulfonamides is 1.